The van der Waals surface area contributed by atoms with Gasteiger partial charge in [-0.2, -0.15) is 8.78 Å². The van der Waals surface area contributed by atoms with E-state index in [2.05, 4.69) is 14.9 Å². The summed E-state index contributed by atoms with van der Waals surface area (Å²) < 4.78 is 53.0. The molecule has 0 spiro atoms. The lowest BCUT2D eigenvalue weighted by Gasteiger charge is -2.13. The van der Waals surface area contributed by atoms with Gasteiger partial charge in [-0.1, -0.05) is 12.1 Å². The Bertz CT molecular complexity index is 1130. The SMILES string of the molecule is COCC(F)(F)c1nnc2ccc(-c3ccc(Oc4ccc(F)cc4)cc3)cn12. The number of benzene rings is 2. The van der Waals surface area contributed by atoms with Crippen LogP contribution < -0.4 is 4.74 Å². The topological polar surface area (TPSA) is 48.7 Å². The quantitative estimate of drug-likeness (QED) is 0.454. The number of alkyl halides is 2. The predicted molar refractivity (Wildman–Crippen MR) is 101 cm³/mol. The van der Waals surface area contributed by atoms with E-state index in [1.54, 1.807) is 42.6 Å². The lowest BCUT2D eigenvalue weighted by molar-refractivity contribution is -0.0773. The summed E-state index contributed by atoms with van der Waals surface area (Å²) >= 11 is 0. The summed E-state index contributed by atoms with van der Waals surface area (Å²) in [5, 5.41) is 7.42. The van der Waals surface area contributed by atoms with Gasteiger partial charge in [-0.3, -0.25) is 4.40 Å². The molecule has 0 radical (unpaired) electrons. The van der Waals surface area contributed by atoms with Crippen molar-refractivity contribution in [3.63, 3.8) is 0 Å². The fraction of sp³-hybridized carbons (Fsp3) is 0.143. The highest BCUT2D eigenvalue weighted by Gasteiger charge is 2.37. The highest BCUT2D eigenvalue weighted by atomic mass is 19.3. The molecule has 4 aromatic rings. The minimum atomic E-state index is -3.26. The third kappa shape index (κ3) is 3.93. The van der Waals surface area contributed by atoms with Crippen LogP contribution in [-0.2, 0) is 10.7 Å². The number of rotatable bonds is 6. The second-order valence-electron chi connectivity index (χ2n) is 6.39. The molecule has 0 aliphatic heterocycles. The van der Waals surface area contributed by atoms with Gasteiger partial charge >= 0.3 is 5.92 Å². The first-order valence-corrected chi connectivity index (χ1v) is 8.72. The molecule has 0 unspecified atom stereocenters. The van der Waals surface area contributed by atoms with Crippen molar-refractivity contribution in [1.29, 1.82) is 0 Å². The molecule has 0 saturated heterocycles. The summed E-state index contributed by atoms with van der Waals surface area (Å²) in [5.74, 6) is -3.01. The van der Waals surface area contributed by atoms with Crippen LogP contribution in [0.1, 0.15) is 5.82 Å². The van der Waals surface area contributed by atoms with E-state index >= 15 is 0 Å². The van der Waals surface area contributed by atoms with Gasteiger partial charge in [-0.25, -0.2) is 4.39 Å². The highest BCUT2D eigenvalue weighted by Crippen LogP contribution is 2.30. The molecule has 5 nitrogen and oxygen atoms in total. The van der Waals surface area contributed by atoms with Crippen LogP contribution >= 0.6 is 0 Å². The third-order valence-electron chi connectivity index (χ3n) is 4.29. The molecular weight excluding hydrogens is 383 g/mol. The zero-order valence-electron chi connectivity index (χ0n) is 15.3. The molecule has 0 aliphatic rings. The van der Waals surface area contributed by atoms with E-state index in [0.717, 1.165) is 5.56 Å². The number of aromatic nitrogens is 3. The van der Waals surface area contributed by atoms with E-state index in [0.29, 0.717) is 22.7 Å². The maximum atomic E-state index is 14.3. The standard InChI is InChI=1S/C21H16F3N3O2/c1-28-13-21(23,24)20-26-25-19-11-4-15(12-27(19)20)14-2-7-17(8-3-14)29-18-9-5-16(22)6-10-18/h2-12H,13H2,1H3. The Hall–Kier alpha value is -3.39. The average molecular weight is 399 g/mol. The van der Waals surface area contributed by atoms with Gasteiger partial charge in [-0.15, -0.1) is 10.2 Å². The minimum absolute atomic E-state index is 0.316. The smallest absolute Gasteiger partial charge is 0.329 e. The number of nitrogens with zero attached hydrogens (tertiary/aromatic N) is 3. The van der Waals surface area contributed by atoms with Gasteiger partial charge in [0.2, 0.25) is 5.82 Å². The van der Waals surface area contributed by atoms with Crippen LogP contribution in [0, 0.1) is 5.82 Å². The van der Waals surface area contributed by atoms with E-state index < -0.39 is 18.4 Å². The molecule has 0 N–H and O–H groups in total. The van der Waals surface area contributed by atoms with Crippen molar-refractivity contribution in [2.45, 2.75) is 5.92 Å². The normalized spacial score (nSPS) is 11.7. The molecule has 0 fully saturated rings. The first kappa shape index (κ1) is 18.9. The monoisotopic (exact) mass is 399 g/mol. The molecule has 29 heavy (non-hydrogen) atoms. The summed E-state index contributed by atoms with van der Waals surface area (Å²) in [6.45, 7) is -0.784. The molecular formula is C21H16F3N3O2. The van der Waals surface area contributed by atoms with Crippen LogP contribution in [0.15, 0.2) is 66.9 Å². The van der Waals surface area contributed by atoms with Gasteiger partial charge in [0.25, 0.3) is 0 Å². The van der Waals surface area contributed by atoms with E-state index in [9.17, 15) is 13.2 Å². The van der Waals surface area contributed by atoms with Gasteiger partial charge in [-0.05, 0) is 59.7 Å². The molecule has 2 aromatic carbocycles. The zero-order valence-corrected chi connectivity index (χ0v) is 15.3. The number of hydrogen-bond acceptors (Lipinski definition) is 4. The molecule has 0 atom stereocenters. The van der Waals surface area contributed by atoms with Gasteiger partial charge < -0.3 is 9.47 Å². The van der Waals surface area contributed by atoms with E-state index in [-0.39, 0.29) is 5.82 Å². The van der Waals surface area contributed by atoms with Gasteiger partial charge in [0.05, 0.1) is 0 Å². The van der Waals surface area contributed by atoms with Crippen LogP contribution in [-0.4, -0.2) is 28.3 Å². The van der Waals surface area contributed by atoms with Gasteiger partial charge in [0.1, 0.15) is 23.9 Å². The number of hydrogen-bond donors (Lipinski definition) is 0. The fourth-order valence-corrected chi connectivity index (χ4v) is 2.91. The van der Waals surface area contributed by atoms with Crippen LogP contribution in [0.3, 0.4) is 0 Å². The van der Waals surface area contributed by atoms with Crippen LogP contribution in [0.4, 0.5) is 13.2 Å². The summed E-state index contributed by atoms with van der Waals surface area (Å²) in [7, 11) is 1.21. The number of pyridine rings is 1. The minimum Gasteiger partial charge on any atom is -0.457 e. The lowest BCUT2D eigenvalue weighted by atomic mass is 10.1. The Labute approximate surface area is 164 Å². The third-order valence-corrected chi connectivity index (χ3v) is 4.29. The summed E-state index contributed by atoms with van der Waals surface area (Å²) in [6.07, 6.45) is 1.56. The fourth-order valence-electron chi connectivity index (χ4n) is 2.91. The largest absolute Gasteiger partial charge is 0.457 e. The van der Waals surface area contributed by atoms with Crippen LogP contribution in [0.5, 0.6) is 11.5 Å². The zero-order chi connectivity index (χ0) is 20.4. The molecule has 8 heteroatoms. The van der Waals surface area contributed by atoms with E-state index in [1.165, 1.54) is 35.8 Å². The lowest BCUT2D eigenvalue weighted by Crippen LogP contribution is -2.23. The molecule has 2 aromatic heterocycles. The summed E-state index contributed by atoms with van der Waals surface area (Å²) in [5.41, 5.74) is 1.82. The van der Waals surface area contributed by atoms with E-state index in [1.807, 2.05) is 0 Å². The molecule has 0 aliphatic carbocycles. The maximum absolute atomic E-state index is 14.3. The molecule has 148 valence electrons. The van der Waals surface area contributed by atoms with Crippen LogP contribution in [0.2, 0.25) is 0 Å². The molecule has 2 heterocycles. The average Bonchev–Trinajstić information content (AvgIpc) is 3.14. The second kappa shape index (κ2) is 7.56. The van der Waals surface area contributed by atoms with Crippen molar-refractivity contribution in [2.24, 2.45) is 0 Å². The number of ether oxygens (including phenoxy) is 2. The first-order valence-electron chi connectivity index (χ1n) is 8.72. The van der Waals surface area contributed by atoms with Crippen molar-refractivity contribution >= 4 is 5.65 Å². The maximum Gasteiger partial charge on any atom is 0.329 e. The first-order chi connectivity index (χ1) is 14.0. The Kier molecular flexibility index (Phi) is 4.94. The Morgan fingerprint density at radius 1 is 0.862 bits per heavy atom. The van der Waals surface area contributed by atoms with E-state index in [4.69, 9.17) is 4.74 Å². The van der Waals surface area contributed by atoms with Gasteiger partial charge in [0, 0.05) is 13.3 Å². The van der Waals surface area contributed by atoms with Crippen molar-refractivity contribution in [2.75, 3.05) is 13.7 Å². The Balaban J connectivity index is 1.61. The van der Waals surface area contributed by atoms with Gasteiger partial charge in [0.15, 0.2) is 5.65 Å². The summed E-state index contributed by atoms with van der Waals surface area (Å²) in [6, 6.07) is 16.2. The number of fused-ring (bicyclic) bond motifs is 1. The number of methoxy groups -OCH3 is 1. The van der Waals surface area contributed by atoms with Crippen molar-refractivity contribution < 1.29 is 22.6 Å². The highest BCUT2D eigenvalue weighted by molar-refractivity contribution is 5.65. The molecule has 4 rings (SSSR count). The van der Waals surface area contributed by atoms with Crippen molar-refractivity contribution in [3.05, 3.63) is 78.5 Å². The Morgan fingerprint density at radius 3 is 2.14 bits per heavy atom. The Morgan fingerprint density at radius 2 is 1.48 bits per heavy atom. The predicted octanol–water partition coefficient (Wildman–Crippen LogP) is 5.07. The molecule has 0 amide bonds. The number of halogens is 3. The van der Waals surface area contributed by atoms with Crippen molar-refractivity contribution in [1.82, 2.24) is 14.6 Å². The summed E-state index contributed by atoms with van der Waals surface area (Å²) in [4.78, 5) is 0. The second-order valence-corrected chi connectivity index (χ2v) is 6.39. The molecule has 0 saturated carbocycles. The molecule has 0 bridgehead atoms. The van der Waals surface area contributed by atoms with Crippen LogP contribution in [0.25, 0.3) is 16.8 Å². The van der Waals surface area contributed by atoms with Crippen molar-refractivity contribution in [3.8, 4) is 22.6 Å².